The lowest BCUT2D eigenvalue weighted by Crippen LogP contribution is -1.90. The van der Waals surface area contributed by atoms with Crippen LogP contribution in [0.1, 0.15) is 5.56 Å². The van der Waals surface area contributed by atoms with E-state index in [1.54, 1.807) is 17.6 Å². The van der Waals surface area contributed by atoms with Gasteiger partial charge in [0, 0.05) is 5.56 Å². The van der Waals surface area contributed by atoms with E-state index in [4.69, 9.17) is 5.73 Å². The number of aromatic nitrogens is 1. The molecule has 72 valence electrons. The molecule has 2 N–H and O–H groups in total. The molecule has 0 aliphatic carbocycles. The van der Waals surface area contributed by atoms with Gasteiger partial charge in [0.05, 0.1) is 5.51 Å². The summed E-state index contributed by atoms with van der Waals surface area (Å²) < 4.78 is 13.4. The zero-order chi connectivity index (χ0) is 10.1. The zero-order valence-corrected chi connectivity index (χ0v) is 8.44. The number of benzene rings is 1. The second-order valence-electron chi connectivity index (χ2n) is 3.05. The lowest BCUT2D eigenvalue weighted by molar-refractivity contribution is 0.630. The Morgan fingerprint density at radius 3 is 2.86 bits per heavy atom. The van der Waals surface area contributed by atoms with Crippen molar-refractivity contribution in [1.82, 2.24) is 4.98 Å². The average Bonchev–Trinajstić information content (AvgIpc) is 2.56. The van der Waals surface area contributed by atoms with Crippen LogP contribution >= 0.6 is 11.3 Å². The summed E-state index contributed by atoms with van der Waals surface area (Å²) in [7, 11) is 0. The van der Waals surface area contributed by atoms with E-state index in [9.17, 15) is 4.39 Å². The predicted octanol–water partition coefficient (Wildman–Crippen LogP) is 2.84. The van der Waals surface area contributed by atoms with Gasteiger partial charge in [-0.2, -0.15) is 0 Å². The maximum Gasteiger partial charge on any atom is 0.132 e. The molecule has 0 amide bonds. The molecule has 0 unspecified atom stereocenters. The quantitative estimate of drug-likeness (QED) is 0.782. The second-order valence-corrected chi connectivity index (χ2v) is 3.93. The average molecular weight is 208 g/mol. The summed E-state index contributed by atoms with van der Waals surface area (Å²) >= 11 is 1.31. The maximum atomic E-state index is 13.4. The van der Waals surface area contributed by atoms with Crippen LogP contribution in [0.25, 0.3) is 11.3 Å². The molecule has 0 spiro atoms. The third kappa shape index (κ3) is 1.48. The molecule has 0 atom stereocenters. The van der Waals surface area contributed by atoms with E-state index in [2.05, 4.69) is 4.98 Å². The molecule has 1 aromatic carbocycles. The standard InChI is InChI=1S/C10H9FN2S/c1-6-2-3-8(11)7(4-6)9-10(12)14-5-13-9/h2-5H,12H2,1H3. The van der Waals surface area contributed by atoms with Crippen molar-refractivity contribution in [3.63, 3.8) is 0 Å². The lowest BCUT2D eigenvalue weighted by atomic mass is 10.1. The smallest absolute Gasteiger partial charge is 0.132 e. The molecular weight excluding hydrogens is 199 g/mol. The molecule has 2 aromatic rings. The van der Waals surface area contributed by atoms with Crippen LogP contribution in [0.2, 0.25) is 0 Å². The number of hydrogen-bond acceptors (Lipinski definition) is 3. The molecule has 0 saturated carbocycles. The number of hydrogen-bond donors (Lipinski definition) is 1. The molecule has 2 nitrogen and oxygen atoms in total. The van der Waals surface area contributed by atoms with Crippen LogP contribution in [-0.4, -0.2) is 4.98 Å². The highest BCUT2D eigenvalue weighted by Gasteiger charge is 2.10. The topological polar surface area (TPSA) is 38.9 Å². The molecule has 14 heavy (non-hydrogen) atoms. The fourth-order valence-corrected chi connectivity index (χ4v) is 1.82. The summed E-state index contributed by atoms with van der Waals surface area (Å²) in [6.07, 6.45) is 0. The zero-order valence-electron chi connectivity index (χ0n) is 7.62. The highest BCUT2D eigenvalue weighted by molar-refractivity contribution is 7.14. The molecule has 1 heterocycles. The van der Waals surface area contributed by atoms with E-state index >= 15 is 0 Å². The number of nitrogens with zero attached hydrogens (tertiary/aromatic N) is 1. The van der Waals surface area contributed by atoms with E-state index < -0.39 is 0 Å². The van der Waals surface area contributed by atoms with E-state index in [1.165, 1.54) is 17.4 Å². The molecule has 0 bridgehead atoms. The minimum atomic E-state index is -0.284. The summed E-state index contributed by atoms with van der Waals surface area (Å²) in [6, 6.07) is 4.91. The first-order chi connectivity index (χ1) is 6.68. The summed E-state index contributed by atoms with van der Waals surface area (Å²) in [5, 5.41) is 0.550. The highest BCUT2D eigenvalue weighted by Crippen LogP contribution is 2.29. The Labute approximate surface area is 85.2 Å². The highest BCUT2D eigenvalue weighted by atomic mass is 32.1. The number of thiazole rings is 1. The van der Waals surface area contributed by atoms with Crippen molar-refractivity contribution in [2.75, 3.05) is 5.73 Å². The molecule has 4 heteroatoms. The monoisotopic (exact) mass is 208 g/mol. The fourth-order valence-electron chi connectivity index (χ4n) is 1.28. The van der Waals surface area contributed by atoms with E-state index in [-0.39, 0.29) is 5.82 Å². The van der Waals surface area contributed by atoms with Gasteiger partial charge < -0.3 is 5.73 Å². The first-order valence-electron chi connectivity index (χ1n) is 4.14. The fraction of sp³-hybridized carbons (Fsp3) is 0.100. The van der Waals surface area contributed by atoms with E-state index in [1.807, 2.05) is 6.92 Å². The van der Waals surface area contributed by atoms with Crippen LogP contribution in [0.4, 0.5) is 9.39 Å². The first kappa shape index (κ1) is 9.15. The Morgan fingerprint density at radius 2 is 2.21 bits per heavy atom. The molecule has 0 aliphatic heterocycles. The number of aryl methyl sites for hydroxylation is 1. The molecule has 0 aliphatic rings. The first-order valence-corrected chi connectivity index (χ1v) is 5.02. The summed E-state index contributed by atoms with van der Waals surface area (Å²) in [5.41, 5.74) is 9.31. The Bertz CT molecular complexity index is 465. The van der Waals surface area contributed by atoms with Crippen molar-refractivity contribution in [2.45, 2.75) is 6.92 Å². The largest absolute Gasteiger partial charge is 0.389 e. The lowest BCUT2D eigenvalue weighted by Gasteiger charge is -2.02. The Hall–Kier alpha value is -1.42. The van der Waals surface area contributed by atoms with Crippen molar-refractivity contribution >= 4 is 16.3 Å². The molecule has 2 rings (SSSR count). The molecule has 1 aromatic heterocycles. The molecule has 0 radical (unpaired) electrons. The minimum absolute atomic E-state index is 0.284. The number of rotatable bonds is 1. The van der Waals surface area contributed by atoms with Crippen molar-refractivity contribution in [3.8, 4) is 11.3 Å². The van der Waals surface area contributed by atoms with Crippen LogP contribution in [0.3, 0.4) is 0 Å². The maximum absolute atomic E-state index is 13.4. The second kappa shape index (κ2) is 3.38. The van der Waals surface area contributed by atoms with Crippen LogP contribution in [-0.2, 0) is 0 Å². The molecule has 0 fully saturated rings. The van der Waals surface area contributed by atoms with Crippen molar-refractivity contribution in [2.24, 2.45) is 0 Å². The van der Waals surface area contributed by atoms with E-state index in [0.717, 1.165) is 5.56 Å². The third-order valence-corrected chi connectivity index (χ3v) is 2.63. The number of nitrogen functional groups attached to an aromatic ring is 1. The molecule has 0 saturated heterocycles. The van der Waals surface area contributed by atoms with Crippen LogP contribution in [0.15, 0.2) is 23.7 Å². The van der Waals surface area contributed by atoms with Crippen LogP contribution in [0.5, 0.6) is 0 Å². The Balaban J connectivity index is 2.62. The number of nitrogens with two attached hydrogens (primary N) is 1. The third-order valence-electron chi connectivity index (χ3n) is 1.97. The van der Waals surface area contributed by atoms with Crippen molar-refractivity contribution < 1.29 is 4.39 Å². The normalized spacial score (nSPS) is 10.4. The SMILES string of the molecule is Cc1ccc(F)c(-c2ncsc2N)c1. The Morgan fingerprint density at radius 1 is 1.43 bits per heavy atom. The number of halogens is 1. The summed E-state index contributed by atoms with van der Waals surface area (Å²) in [6.45, 7) is 1.91. The van der Waals surface area contributed by atoms with Gasteiger partial charge in [-0.3, -0.25) is 0 Å². The summed E-state index contributed by atoms with van der Waals surface area (Å²) in [4.78, 5) is 4.04. The molecular formula is C10H9FN2S. The van der Waals surface area contributed by atoms with Gasteiger partial charge in [-0.15, -0.1) is 11.3 Å². The van der Waals surface area contributed by atoms with Crippen LogP contribution < -0.4 is 5.73 Å². The van der Waals surface area contributed by atoms with E-state index in [0.29, 0.717) is 16.3 Å². The Kier molecular flexibility index (Phi) is 2.21. The predicted molar refractivity (Wildman–Crippen MR) is 56.7 cm³/mol. The van der Waals surface area contributed by atoms with Crippen LogP contribution in [0, 0.1) is 12.7 Å². The van der Waals surface area contributed by atoms with Gasteiger partial charge in [0.2, 0.25) is 0 Å². The van der Waals surface area contributed by atoms with Crippen molar-refractivity contribution in [3.05, 3.63) is 35.1 Å². The van der Waals surface area contributed by atoms with Gasteiger partial charge in [0.1, 0.15) is 16.5 Å². The minimum Gasteiger partial charge on any atom is -0.389 e. The van der Waals surface area contributed by atoms with Crippen molar-refractivity contribution in [1.29, 1.82) is 0 Å². The number of anilines is 1. The van der Waals surface area contributed by atoms with Gasteiger partial charge in [-0.25, -0.2) is 9.37 Å². The van der Waals surface area contributed by atoms with Gasteiger partial charge in [-0.05, 0) is 19.1 Å². The van der Waals surface area contributed by atoms with Gasteiger partial charge in [0.25, 0.3) is 0 Å². The van der Waals surface area contributed by atoms with Gasteiger partial charge in [-0.1, -0.05) is 11.6 Å². The summed E-state index contributed by atoms with van der Waals surface area (Å²) in [5.74, 6) is -0.284. The van der Waals surface area contributed by atoms with Gasteiger partial charge >= 0.3 is 0 Å². The van der Waals surface area contributed by atoms with Gasteiger partial charge in [0.15, 0.2) is 0 Å².